The quantitative estimate of drug-likeness (QED) is 0.248. The highest BCUT2D eigenvalue weighted by Gasteiger charge is 2.12. The van der Waals surface area contributed by atoms with E-state index in [1.54, 1.807) is 13.0 Å². The molecule has 194 valence electrons. The fourth-order valence-electron chi connectivity index (χ4n) is 3.63. The van der Waals surface area contributed by atoms with Crippen LogP contribution >= 0.6 is 0 Å². The van der Waals surface area contributed by atoms with E-state index in [0.717, 1.165) is 5.56 Å². The molecule has 2 aromatic carbocycles. The van der Waals surface area contributed by atoms with E-state index in [1.165, 1.54) is 0 Å². The van der Waals surface area contributed by atoms with Crippen LogP contribution in [0.1, 0.15) is 24.1 Å². The Morgan fingerprint density at radius 3 is 2.62 bits per heavy atom. The van der Waals surface area contributed by atoms with Crippen LogP contribution in [-0.2, 0) is 4.79 Å². The van der Waals surface area contributed by atoms with E-state index in [1.807, 2.05) is 60.7 Å². The monoisotopic (exact) mass is 504 g/mol. The number of nitrogens with one attached hydrogen (secondary N) is 3. The van der Waals surface area contributed by atoms with Crippen LogP contribution in [-0.4, -0.2) is 54.9 Å². The van der Waals surface area contributed by atoms with E-state index < -0.39 is 11.7 Å². The third-order valence-corrected chi connectivity index (χ3v) is 5.53. The van der Waals surface area contributed by atoms with Gasteiger partial charge in [0.05, 0.1) is 6.61 Å². The summed E-state index contributed by atoms with van der Waals surface area (Å²) >= 11 is 0. The maximum absolute atomic E-state index is 12.1. The van der Waals surface area contributed by atoms with E-state index in [-0.39, 0.29) is 18.1 Å². The first-order chi connectivity index (χ1) is 18.0. The molecule has 1 unspecified atom stereocenters. The molecule has 9 nitrogen and oxygen atoms in total. The highest BCUT2D eigenvalue weighted by molar-refractivity contribution is 5.76. The number of hydrogen-bond acceptors (Lipinski definition) is 7. The molecule has 1 aromatic heterocycles. The molecular formula is C28H32N4O5. The first kappa shape index (κ1) is 27.5. The first-order valence-corrected chi connectivity index (χ1v) is 12.2. The van der Waals surface area contributed by atoms with Crippen molar-refractivity contribution in [3.05, 3.63) is 82.3 Å². The number of pyridine rings is 1. The minimum atomic E-state index is -0.651. The van der Waals surface area contributed by atoms with Gasteiger partial charge in [-0.2, -0.15) is 5.26 Å². The Labute approximate surface area is 216 Å². The number of rotatable bonds is 14. The van der Waals surface area contributed by atoms with E-state index >= 15 is 0 Å². The summed E-state index contributed by atoms with van der Waals surface area (Å²) in [5.74, 6) is 1.24. The van der Waals surface area contributed by atoms with E-state index in [0.29, 0.717) is 61.8 Å². The number of nitriles is 1. The summed E-state index contributed by atoms with van der Waals surface area (Å²) in [7, 11) is 0. The van der Waals surface area contributed by atoms with Crippen molar-refractivity contribution < 1.29 is 19.4 Å². The second-order valence-corrected chi connectivity index (χ2v) is 8.44. The van der Waals surface area contributed by atoms with Gasteiger partial charge in [0.25, 0.3) is 5.56 Å². The molecule has 0 radical (unpaired) electrons. The molecule has 9 heteroatoms. The summed E-state index contributed by atoms with van der Waals surface area (Å²) in [5, 5.41) is 25.1. The topological polar surface area (TPSA) is 136 Å². The predicted molar refractivity (Wildman–Crippen MR) is 141 cm³/mol. The van der Waals surface area contributed by atoms with Gasteiger partial charge in [-0.15, -0.1) is 0 Å². The number of carbonyl (C=O) groups is 1. The lowest BCUT2D eigenvalue weighted by atomic mass is 10.0. The molecule has 0 aliphatic carbocycles. The third kappa shape index (κ3) is 8.79. The van der Waals surface area contributed by atoms with Crippen molar-refractivity contribution in [1.29, 1.82) is 5.26 Å². The number of carbonyl (C=O) groups excluding carboxylic acids is 1. The van der Waals surface area contributed by atoms with Crippen LogP contribution in [0.3, 0.4) is 0 Å². The standard InChI is InChI=1S/C28H32N4O5/c1-20-25(16-21(17-29)28(35)32-20)24-10-5-6-11-26(24)36-15-7-12-27(34)31-14-13-30-18-22(33)19-37-23-8-3-2-4-9-23/h2-6,8-11,16,22,30,33H,7,12-15,18-19H2,1H3,(H,31,34)(H,32,35). The lowest BCUT2D eigenvalue weighted by Crippen LogP contribution is -2.37. The largest absolute Gasteiger partial charge is 0.493 e. The van der Waals surface area contributed by atoms with E-state index in [2.05, 4.69) is 15.6 Å². The number of aliphatic hydroxyl groups is 1. The molecule has 3 aromatic rings. The van der Waals surface area contributed by atoms with Crippen LogP contribution in [0, 0.1) is 18.3 Å². The highest BCUT2D eigenvalue weighted by Crippen LogP contribution is 2.31. The average molecular weight is 505 g/mol. The Balaban J connectivity index is 1.33. The van der Waals surface area contributed by atoms with Gasteiger partial charge in [0, 0.05) is 42.9 Å². The Bertz CT molecular complexity index is 1250. The Kier molecular flexibility index (Phi) is 10.7. The van der Waals surface area contributed by atoms with Crippen molar-refractivity contribution in [1.82, 2.24) is 15.6 Å². The number of aromatic amines is 1. The number of hydrogen-bond donors (Lipinski definition) is 4. The summed E-state index contributed by atoms with van der Waals surface area (Å²) < 4.78 is 11.4. The summed E-state index contributed by atoms with van der Waals surface area (Å²) in [6.07, 6.45) is 0.186. The number of ether oxygens (including phenoxy) is 2. The van der Waals surface area contributed by atoms with Gasteiger partial charge in [0.2, 0.25) is 5.91 Å². The van der Waals surface area contributed by atoms with Crippen LogP contribution in [0.15, 0.2) is 65.5 Å². The molecule has 37 heavy (non-hydrogen) atoms. The molecule has 0 spiro atoms. The van der Waals surface area contributed by atoms with Crippen molar-refractivity contribution in [2.45, 2.75) is 25.9 Å². The number of aliphatic hydroxyl groups excluding tert-OH is 1. The fourth-order valence-corrected chi connectivity index (χ4v) is 3.63. The lowest BCUT2D eigenvalue weighted by Gasteiger charge is -2.14. The van der Waals surface area contributed by atoms with E-state index in [9.17, 15) is 20.0 Å². The van der Waals surface area contributed by atoms with Crippen LogP contribution < -0.4 is 25.7 Å². The normalized spacial score (nSPS) is 11.4. The number of H-pyrrole nitrogens is 1. The van der Waals surface area contributed by atoms with Crippen LogP contribution in [0.5, 0.6) is 11.5 Å². The van der Waals surface area contributed by atoms with Crippen LogP contribution in [0.2, 0.25) is 0 Å². The summed E-state index contributed by atoms with van der Waals surface area (Å²) in [5.41, 5.74) is 1.74. The first-order valence-electron chi connectivity index (χ1n) is 12.2. The number of nitrogens with zero attached hydrogens (tertiary/aromatic N) is 1. The van der Waals surface area contributed by atoms with E-state index in [4.69, 9.17) is 9.47 Å². The second-order valence-electron chi connectivity index (χ2n) is 8.44. The third-order valence-electron chi connectivity index (χ3n) is 5.53. The van der Waals surface area contributed by atoms with Gasteiger partial charge < -0.3 is 30.2 Å². The molecule has 0 aliphatic heterocycles. The number of benzene rings is 2. The molecule has 4 N–H and O–H groups in total. The lowest BCUT2D eigenvalue weighted by molar-refractivity contribution is -0.121. The van der Waals surface area contributed by atoms with Crippen LogP contribution in [0.4, 0.5) is 0 Å². The average Bonchev–Trinajstić information content (AvgIpc) is 2.91. The molecule has 1 atom stereocenters. The Morgan fingerprint density at radius 2 is 1.84 bits per heavy atom. The summed E-state index contributed by atoms with van der Waals surface area (Å²) in [6, 6.07) is 20.2. The van der Waals surface area contributed by atoms with Gasteiger partial charge in [0.1, 0.15) is 35.8 Å². The summed E-state index contributed by atoms with van der Waals surface area (Å²) in [4.78, 5) is 26.7. The SMILES string of the molecule is Cc1[nH]c(=O)c(C#N)cc1-c1ccccc1OCCCC(=O)NCCNCC(O)COc1ccccc1. The zero-order chi connectivity index (χ0) is 26.5. The fraction of sp³-hybridized carbons (Fsp3) is 0.321. The predicted octanol–water partition coefficient (Wildman–Crippen LogP) is 2.53. The maximum Gasteiger partial charge on any atom is 0.266 e. The minimum Gasteiger partial charge on any atom is -0.493 e. The second kappa shape index (κ2) is 14.4. The number of aryl methyl sites for hydroxylation is 1. The van der Waals surface area contributed by atoms with Gasteiger partial charge in [-0.25, -0.2) is 0 Å². The maximum atomic E-state index is 12.1. The zero-order valence-electron chi connectivity index (χ0n) is 20.8. The molecule has 0 saturated carbocycles. The molecule has 1 heterocycles. The van der Waals surface area contributed by atoms with Gasteiger partial charge in [0.15, 0.2) is 0 Å². The van der Waals surface area contributed by atoms with Crippen LogP contribution in [0.25, 0.3) is 11.1 Å². The molecule has 1 amide bonds. The molecule has 0 saturated heterocycles. The van der Waals surface area contributed by atoms with Gasteiger partial charge in [-0.3, -0.25) is 9.59 Å². The van der Waals surface area contributed by atoms with Gasteiger partial charge in [-0.05, 0) is 37.6 Å². The molecule has 0 bridgehead atoms. The highest BCUT2D eigenvalue weighted by atomic mass is 16.5. The zero-order valence-corrected chi connectivity index (χ0v) is 20.8. The van der Waals surface area contributed by atoms with Crippen molar-refractivity contribution in [3.63, 3.8) is 0 Å². The van der Waals surface area contributed by atoms with Crippen molar-refractivity contribution >= 4 is 5.91 Å². The number of amides is 1. The van der Waals surface area contributed by atoms with Crippen molar-refractivity contribution in [2.75, 3.05) is 32.8 Å². The Morgan fingerprint density at radius 1 is 1.08 bits per heavy atom. The summed E-state index contributed by atoms with van der Waals surface area (Å²) in [6.45, 7) is 3.63. The molecule has 0 aliphatic rings. The van der Waals surface area contributed by atoms with Gasteiger partial charge >= 0.3 is 0 Å². The van der Waals surface area contributed by atoms with Crippen molar-refractivity contribution in [2.24, 2.45) is 0 Å². The van der Waals surface area contributed by atoms with Gasteiger partial charge in [-0.1, -0.05) is 36.4 Å². The van der Waals surface area contributed by atoms with Crippen molar-refractivity contribution in [3.8, 4) is 28.7 Å². The molecule has 3 rings (SSSR count). The molecule has 0 fully saturated rings. The number of aromatic nitrogens is 1. The number of para-hydroxylation sites is 2. The molecular weight excluding hydrogens is 472 g/mol. The smallest absolute Gasteiger partial charge is 0.266 e. The minimum absolute atomic E-state index is 0.0385. The Hall–Kier alpha value is -4.13.